The SMILES string of the molecule is CS(=O)(=O)c1ccc(COc2ccc(C3CCN(C(=O)O)CC3)cn2)cc1. The van der Waals surface area contributed by atoms with Gasteiger partial charge in [0.2, 0.25) is 5.88 Å². The Morgan fingerprint density at radius 3 is 2.37 bits per heavy atom. The van der Waals surface area contributed by atoms with Crippen LogP contribution < -0.4 is 4.74 Å². The summed E-state index contributed by atoms with van der Waals surface area (Å²) in [6, 6.07) is 10.4. The molecule has 1 aliphatic heterocycles. The van der Waals surface area contributed by atoms with E-state index in [0.29, 0.717) is 31.5 Å². The Labute approximate surface area is 158 Å². The Morgan fingerprint density at radius 1 is 1.19 bits per heavy atom. The molecule has 7 nitrogen and oxygen atoms in total. The minimum absolute atomic E-state index is 0.280. The van der Waals surface area contributed by atoms with Gasteiger partial charge in [0.05, 0.1) is 4.90 Å². The number of benzene rings is 1. The molecule has 0 spiro atoms. The van der Waals surface area contributed by atoms with E-state index in [1.165, 1.54) is 11.2 Å². The molecular weight excluding hydrogens is 368 g/mol. The zero-order valence-corrected chi connectivity index (χ0v) is 15.9. The molecule has 0 radical (unpaired) electrons. The molecule has 2 heterocycles. The average molecular weight is 390 g/mol. The van der Waals surface area contributed by atoms with E-state index in [0.717, 1.165) is 24.0 Å². The first-order chi connectivity index (χ1) is 12.8. The minimum atomic E-state index is -3.20. The summed E-state index contributed by atoms with van der Waals surface area (Å²) in [5.74, 6) is 0.805. The Morgan fingerprint density at radius 2 is 1.85 bits per heavy atom. The fourth-order valence-electron chi connectivity index (χ4n) is 3.11. The summed E-state index contributed by atoms with van der Waals surface area (Å²) in [6.45, 7) is 1.39. The van der Waals surface area contributed by atoms with Crippen molar-refractivity contribution in [3.8, 4) is 5.88 Å². The highest BCUT2D eigenvalue weighted by molar-refractivity contribution is 7.90. The zero-order chi connectivity index (χ0) is 19.4. The predicted molar refractivity (Wildman–Crippen MR) is 99.7 cm³/mol. The molecule has 3 rings (SSSR count). The van der Waals surface area contributed by atoms with Crippen LogP contribution in [0.1, 0.15) is 29.9 Å². The van der Waals surface area contributed by atoms with Gasteiger partial charge in [-0.05, 0) is 42.0 Å². The second-order valence-electron chi connectivity index (χ2n) is 6.68. The molecule has 0 bridgehead atoms. The van der Waals surface area contributed by atoms with Gasteiger partial charge >= 0.3 is 6.09 Å². The summed E-state index contributed by atoms with van der Waals surface area (Å²) in [5.41, 5.74) is 1.94. The van der Waals surface area contributed by atoms with Crippen LogP contribution >= 0.6 is 0 Å². The molecule has 0 saturated carbocycles. The second-order valence-corrected chi connectivity index (χ2v) is 8.69. The van der Waals surface area contributed by atoms with Crippen molar-refractivity contribution in [2.45, 2.75) is 30.3 Å². The lowest BCUT2D eigenvalue weighted by Crippen LogP contribution is -2.36. The van der Waals surface area contributed by atoms with E-state index >= 15 is 0 Å². The van der Waals surface area contributed by atoms with Gasteiger partial charge in [-0.2, -0.15) is 0 Å². The maximum absolute atomic E-state index is 11.5. The van der Waals surface area contributed by atoms with Gasteiger partial charge in [0.25, 0.3) is 0 Å². The van der Waals surface area contributed by atoms with Crippen LogP contribution in [-0.4, -0.2) is 48.8 Å². The van der Waals surface area contributed by atoms with Crippen molar-refractivity contribution in [2.24, 2.45) is 0 Å². The monoisotopic (exact) mass is 390 g/mol. The van der Waals surface area contributed by atoms with Crippen molar-refractivity contribution in [2.75, 3.05) is 19.3 Å². The molecule has 144 valence electrons. The van der Waals surface area contributed by atoms with Crippen LogP contribution in [0.2, 0.25) is 0 Å². The first-order valence-electron chi connectivity index (χ1n) is 8.68. The molecule has 1 N–H and O–H groups in total. The largest absolute Gasteiger partial charge is 0.473 e. The van der Waals surface area contributed by atoms with Crippen molar-refractivity contribution in [1.82, 2.24) is 9.88 Å². The van der Waals surface area contributed by atoms with Crippen molar-refractivity contribution < 1.29 is 23.1 Å². The number of hydrogen-bond donors (Lipinski definition) is 1. The number of carboxylic acid groups (broad SMARTS) is 1. The number of nitrogens with zero attached hydrogens (tertiary/aromatic N) is 2. The van der Waals surface area contributed by atoms with Gasteiger partial charge in [0.1, 0.15) is 6.61 Å². The molecule has 1 amide bonds. The maximum Gasteiger partial charge on any atom is 0.407 e. The van der Waals surface area contributed by atoms with Gasteiger partial charge in [-0.1, -0.05) is 18.2 Å². The normalized spacial score (nSPS) is 15.5. The maximum atomic E-state index is 11.5. The van der Waals surface area contributed by atoms with E-state index in [4.69, 9.17) is 9.84 Å². The number of aromatic nitrogens is 1. The highest BCUT2D eigenvalue weighted by atomic mass is 32.2. The van der Waals surface area contributed by atoms with E-state index in [-0.39, 0.29) is 4.90 Å². The van der Waals surface area contributed by atoms with E-state index < -0.39 is 15.9 Å². The number of ether oxygens (including phenoxy) is 1. The van der Waals surface area contributed by atoms with Gasteiger partial charge in [-0.15, -0.1) is 0 Å². The molecule has 1 saturated heterocycles. The van der Waals surface area contributed by atoms with Crippen LogP contribution in [0.4, 0.5) is 4.79 Å². The number of rotatable bonds is 5. The molecule has 27 heavy (non-hydrogen) atoms. The van der Waals surface area contributed by atoms with Crippen LogP contribution in [0.25, 0.3) is 0 Å². The number of piperidine rings is 1. The first kappa shape index (κ1) is 19.2. The fraction of sp³-hybridized carbons (Fsp3) is 0.368. The van der Waals surface area contributed by atoms with E-state index in [2.05, 4.69) is 4.98 Å². The van der Waals surface area contributed by atoms with Crippen LogP contribution in [0.3, 0.4) is 0 Å². The number of pyridine rings is 1. The highest BCUT2D eigenvalue weighted by Gasteiger charge is 2.23. The third-order valence-corrected chi connectivity index (χ3v) is 5.86. The molecule has 0 unspecified atom stereocenters. The molecular formula is C19H22N2O5S. The quantitative estimate of drug-likeness (QED) is 0.843. The Bertz CT molecular complexity index is 887. The summed E-state index contributed by atoms with van der Waals surface area (Å²) in [5, 5.41) is 9.01. The third-order valence-electron chi connectivity index (χ3n) is 4.73. The van der Waals surface area contributed by atoms with E-state index in [1.807, 2.05) is 12.1 Å². The van der Waals surface area contributed by atoms with Crippen molar-refractivity contribution >= 4 is 15.9 Å². The van der Waals surface area contributed by atoms with Gasteiger partial charge in [-0.25, -0.2) is 18.2 Å². The molecule has 0 atom stereocenters. The smallest absolute Gasteiger partial charge is 0.407 e. The van der Waals surface area contributed by atoms with E-state index in [9.17, 15) is 13.2 Å². The molecule has 1 fully saturated rings. The molecule has 1 aromatic carbocycles. The van der Waals surface area contributed by atoms with Gasteiger partial charge in [0.15, 0.2) is 9.84 Å². The topological polar surface area (TPSA) is 96.8 Å². The lowest BCUT2D eigenvalue weighted by molar-refractivity contribution is 0.132. The summed E-state index contributed by atoms with van der Waals surface area (Å²) < 4.78 is 28.6. The summed E-state index contributed by atoms with van der Waals surface area (Å²) in [7, 11) is -3.20. The summed E-state index contributed by atoms with van der Waals surface area (Å²) in [4.78, 5) is 17.0. The number of hydrogen-bond acceptors (Lipinski definition) is 5. The van der Waals surface area contributed by atoms with Gasteiger partial charge in [-0.3, -0.25) is 0 Å². The van der Waals surface area contributed by atoms with Crippen molar-refractivity contribution in [3.63, 3.8) is 0 Å². The Hall–Kier alpha value is -2.61. The average Bonchev–Trinajstić information content (AvgIpc) is 2.66. The molecule has 0 aliphatic carbocycles. The van der Waals surface area contributed by atoms with Crippen molar-refractivity contribution in [1.29, 1.82) is 0 Å². The van der Waals surface area contributed by atoms with Crippen LogP contribution in [0.5, 0.6) is 5.88 Å². The van der Waals surface area contributed by atoms with Crippen LogP contribution in [0.15, 0.2) is 47.5 Å². The standard InChI is InChI=1S/C19H22N2O5S/c1-27(24,25)17-5-2-14(3-6-17)13-26-18-7-4-16(12-20-18)15-8-10-21(11-9-15)19(22)23/h2-7,12,15H,8-11,13H2,1H3,(H,22,23). The van der Waals surface area contributed by atoms with E-state index in [1.54, 1.807) is 30.5 Å². The number of sulfone groups is 1. The van der Waals surface area contributed by atoms with Gasteiger partial charge in [0, 0.05) is 31.6 Å². The summed E-state index contributed by atoms with van der Waals surface area (Å²) in [6.07, 6.45) is 3.68. The second kappa shape index (κ2) is 7.96. The van der Waals surface area contributed by atoms with Gasteiger partial charge < -0.3 is 14.7 Å². The van der Waals surface area contributed by atoms with Crippen LogP contribution in [-0.2, 0) is 16.4 Å². The predicted octanol–water partition coefficient (Wildman–Crippen LogP) is 2.92. The molecule has 1 aliphatic rings. The molecule has 8 heteroatoms. The highest BCUT2D eigenvalue weighted by Crippen LogP contribution is 2.28. The van der Waals surface area contributed by atoms with Crippen molar-refractivity contribution in [3.05, 3.63) is 53.7 Å². The number of likely N-dealkylation sites (tertiary alicyclic amines) is 1. The third kappa shape index (κ3) is 4.97. The fourth-order valence-corrected chi connectivity index (χ4v) is 3.74. The lowest BCUT2D eigenvalue weighted by atomic mass is 9.91. The van der Waals surface area contributed by atoms with Crippen LogP contribution in [0, 0.1) is 0 Å². The summed E-state index contributed by atoms with van der Waals surface area (Å²) >= 11 is 0. The number of amides is 1. The lowest BCUT2D eigenvalue weighted by Gasteiger charge is -2.30. The minimum Gasteiger partial charge on any atom is -0.473 e. The molecule has 1 aromatic heterocycles. The Kier molecular flexibility index (Phi) is 5.65. The first-order valence-corrected chi connectivity index (χ1v) is 10.6. The molecule has 2 aromatic rings. The zero-order valence-electron chi connectivity index (χ0n) is 15.0. The number of carbonyl (C=O) groups is 1. The Balaban J connectivity index is 1.54.